The maximum Gasteiger partial charge on any atom is 0.418 e. The molecule has 2 nitrogen and oxygen atoms in total. The van der Waals surface area contributed by atoms with Gasteiger partial charge in [-0.25, -0.2) is 0 Å². The highest BCUT2D eigenvalue weighted by Crippen LogP contribution is 2.36. The summed E-state index contributed by atoms with van der Waals surface area (Å²) in [6.45, 7) is 0.202. The van der Waals surface area contributed by atoms with Gasteiger partial charge in [0.2, 0.25) is 0 Å². The van der Waals surface area contributed by atoms with E-state index in [1.165, 1.54) is 6.07 Å². The molecule has 0 aliphatic rings. The molecule has 0 atom stereocenters. The topological polar surface area (TPSA) is 25.2 Å². The Balaban J connectivity index is 2.20. The zero-order valence-corrected chi connectivity index (χ0v) is 13.1. The van der Waals surface area contributed by atoms with Gasteiger partial charge < -0.3 is 9.73 Å². The van der Waals surface area contributed by atoms with Crippen LogP contribution in [0.2, 0.25) is 0 Å². The summed E-state index contributed by atoms with van der Waals surface area (Å²) in [5, 5.41) is 2.74. The Morgan fingerprint density at radius 1 is 1.21 bits per heavy atom. The standard InChI is InChI=1S/C12H8BrF3INO/c13-7-1-3-10(9(5-7)12(14,15)16)18-6-8-2-4-11(17)19-8/h1-5,18H,6H2. The molecule has 0 unspecified atom stereocenters. The lowest BCUT2D eigenvalue weighted by Crippen LogP contribution is -2.10. The van der Waals surface area contributed by atoms with E-state index < -0.39 is 11.7 Å². The molecule has 0 aliphatic carbocycles. The van der Waals surface area contributed by atoms with Crippen molar-refractivity contribution in [3.05, 3.63) is 49.9 Å². The molecule has 102 valence electrons. The lowest BCUT2D eigenvalue weighted by atomic mass is 10.1. The Morgan fingerprint density at radius 3 is 2.53 bits per heavy atom. The van der Waals surface area contributed by atoms with Crippen molar-refractivity contribution in [1.29, 1.82) is 0 Å². The van der Waals surface area contributed by atoms with Gasteiger partial charge in [0.05, 0.1) is 12.1 Å². The van der Waals surface area contributed by atoms with Crippen LogP contribution >= 0.6 is 38.5 Å². The third-order valence-corrected chi connectivity index (χ3v) is 3.44. The maximum absolute atomic E-state index is 12.9. The van der Waals surface area contributed by atoms with Crippen molar-refractivity contribution < 1.29 is 17.6 Å². The SMILES string of the molecule is FC(F)(F)c1cc(Br)ccc1NCc1ccc(I)o1. The first-order valence-electron chi connectivity index (χ1n) is 5.21. The minimum absolute atomic E-state index is 0.0297. The Morgan fingerprint density at radius 2 is 1.95 bits per heavy atom. The zero-order chi connectivity index (χ0) is 14.0. The van der Waals surface area contributed by atoms with E-state index in [2.05, 4.69) is 21.2 Å². The number of nitrogens with one attached hydrogen (secondary N) is 1. The van der Waals surface area contributed by atoms with Crippen LogP contribution in [0.25, 0.3) is 0 Å². The van der Waals surface area contributed by atoms with E-state index in [1.54, 1.807) is 18.2 Å². The van der Waals surface area contributed by atoms with Gasteiger partial charge in [-0.15, -0.1) is 0 Å². The molecule has 0 spiro atoms. The van der Waals surface area contributed by atoms with Crippen LogP contribution in [-0.4, -0.2) is 0 Å². The molecule has 1 aromatic carbocycles. The molecule has 1 heterocycles. The Labute approximate surface area is 129 Å². The molecule has 0 bridgehead atoms. The van der Waals surface area contributed by atoms with E-state index >= 15 is 0 Å². The molecular formula is C12H8BrF3INO. The molecule has 0 amide bonds. The average Bonchev–Trinajstić information content (AvgIpc) is 2.72. The van der Waals surface area contributed by atoms with Crippen molar-refractivity contribution in [2.45, 2.75) is 12.7 Å². The first-order valence-corrected chi connectivity index (χ1v) is 7.08. The second-order valence-electron chi connectivity index (χ2n) is 3.75. The van der Waals surface area contributed by atoms with E-state index in [1.807, 2.05) is 22.6 Å². The van der Waals surface area contributed by atoms with Crippen LogP contribution in [-0.2, 0) is 12.7 Å². The number of halogens is 5. The van der Waals surface area contributed by atoms with Crippen molar-refractivity contribution in [2.75, 3.05) is 5.32 Å². The summed E-state index contributed by atoms with van der Waals surface area (Å²) in [7, 11) is 0. The third-order valence-electron chi connectivity index (χ3n) is 2.37. The zero-order valence-electron chi connectivity index (χ0n) is 9.39. The van der Waals surface area contributed by atoms with E-state index in [9.17, 15) is 13.2 Å². The van der Waals surface area contributed by atoms with Crippen LogP contribution < -0.4 is 5.32 Å². The van der Waals surface area contributed by atoms with Gasteiger partial charge in [0, 0.05) is 10.2 Å². The molecule has 2 rings (SSSR count). The Kier molecular flexibility index (Phi) is 4.44. The molecule has 0 saturated carbocycles. The minimum atomic E-state index is -4.40. The summed E-state index contributed by atoms with van der Waals surface area (Å²) < 4.78 is 45.0. The summed E-state index contributed by atoms with van der Waals surface area (Å²) in [5.74, 6) is 0.584. The monoisotopic (exact) mass is 445 g/mol. The quantitative estimate of drug-likeness (QED) is 0.650. The molecule has 1 aromatic heterocycles. The molecule has 2 aromatic rings. The lowest BCUT2D eigenvalue weighted by molar-refractivity contribution is -0.137. The van der Waals surface area contributed by atoms with Gasteiger partial charge in [-0.1, -0.05) is 15.9 Å². The third kappa shape index (κ3) is 3.88. The number of furan rings is 1. The van der Waals surface area contributed by atoms with Crippen molar-refractivity contribution in [1.82, 2.24) is 0 Å². The van der Waals surface area contributed by atoms with Crippen LogP contribution in [0.5, 0.6) is 0 Å². The fourth-order valence-electron chi connectivity index (χ4n) is 1.53. The number of hydrogen-bond acceptors (Lipinski definition) is 2. The summed E-state index contributed by atoms with van der Waals surface area (Å²) in [6.07, 6.45) is -4.40. The van der Waals surface area contributed by atoms with Crippen LogP contribution in [0.1, 0.15) is 11.3 Å². The average molecular weight is 446 g/mol. The summed E-state index contributed by atoms with van der Waals surface area (Å²) in [4.78, 5) is 0. The maximum atomic E-state index is 12.9. The van der Waals surface area contributed by atoms with Crippen molar-refractivity contribution in [2.24, 2.45) is 0 Å². The number of alkyl halides is 3. The van der Waals surface area contributed by atoms with Gasteiger partial charge in [0.15, 0.2) is 3.77 Å². The Bertz CT molecular complexity index is 583. The number of hydrogen-bond donors (Lipinski definition) is 1. The lowest BCUT2D eigenvalue weighted by Gasteiger charge is -2.14. The molecule has 19 heavy (non-hydrogen) atoms. The van der Waals surface area contributed by atoms with Gasteiger partial charge >= 0.3 is 6.18 Å². The van der Waals surface area contributed by atoms with Crippen molar-refractivity contribution >= 4 is 44.2 Å². The first kappa shape index (κ1) is 14.7. The van der Waals surface area contributed by atoms with Gasteiger partial charge in [-0.3, -0.25) is 0 Å². The first-order chi connectivity index (χ1) is 8.86. The second kappa shape index (κ2) is 5.74. The fraction of sp³-hybridized carbons (Fsp3) is 0.167. The normalized spacial score (nSPS) is 11.6. The van der Waals surface area contributed by atoms with Gasteiger partial charge in [-0.05, 0) is 52.9 Å². The largest absolute Gasteiger partial charge is 0.454 e. The minimum Gasteiger partial charge on any atom is -0.454 e. The van der Waals surface area contributed by atoms with Crippen LogP contribution in [0.3, 0.4) is 0 Å². The molecule has 0 radical (unpaired) electrons. The van der Waals surface area contributed by atoms with Crippen LogP contribution in [0.15, 0.2) is 39.2 Å². The van der Waals surface area contributed by atoms with E-state index in [4.69, 9.17) is 4.42 Å². The molecule has 0 fully saturated rings. The van der Waals surface area contributed by atoms with Crippen molar-refractivity contribution in [3.63, 3.8) is 0 Å². The van der Waals surface area contributed by atoms with E-state index in [0.717, 1.165) is 6.07 Å². The molecule has 7 heteroatoms. The molecule has 0 aliphatic heterocycles. The number of anilines is 1. The summed E-state index contributed by atoms with van der Waals surface area (Å²) in [6, 6.07) is 7.48. The highest BCUT2D eigenvalue weighted by molar-refractivity contribution is 14.1. The van der Waals surface area contributed by atoms with Crippen LogP contribution in [0.4, 0.5) is 18.9 Å². The van der Waals surface area contributed by atoms with Crippen LogP contribution in [0, 0.1) is 3.77 Å². The molecule has 0 saturated heterocycles. The second-order valence-corrected chi connectivity index (χ2v) is 5.73. The van der Waals surface area contributed by atoms with Gasteiger partial charge in [0.1, 0.15) is 5.76 Å². The number of rotatable bonds is 3. The van der Waals surface area contributed by atoms with Crippen molar-refractivity contribution in [3.8, 4) is 0 Å². The predicted octanol–water partition coefficient (Wildman–Crippen LogP) is 5.28. The smallest absolute Gasteiger partial charge is 0.418 e. The van der Waals surface area contributed by atoms with E-state index in [0.29, 0.717) is 14.0 Å². The van der Waals surface area contributed by atoms with E-state index in [-0.39, 0.29) is 12.2 Å². The highest BCUT2D eigenvalue weighted by Gasteiger charge is 2.33. The Hall–Kier alpha value is -0.700. The van der Waals surface area contributed by atoms with Gasteiger partial charge in [-0.2, -0.15) is 13.2 Å². The number of benzene rings is 1. The fourth-order valence-corrected chi connectivity index (χ4v) is 2.36. The molecule has 1 N–H and O–H groups in total. The predicted molar refractivity (Wildman–Crippen MR) is 77.9 cm³/mol. The highest BCUT2D eigenvalue weighted by atomic mass is 127. The summed E-state index contributed by atoms with van der Waals surface area (Å²) >= 11 is 5.04. The molecular weight excluding hydrogens is 438 g/mol. The van der Waals surface area contributed by atoms with Gasteiger partial charge in [0.25, 0.3) is 0 Å². The summed E-state index contributed by atoms with van der Waals surface area (Å²) in [5.41, 5.74) is -0.676.